The molecule has 1 aromatic rings. The number of rotatable bonds is 5. The maximum Gasteiger partial charge on any atom is 0.234 e. The normalized spacial score (nSPS) is 19.2. The Bertz CT molecular complexity index is 597. The zero-order chi connectivity index (χ0) is 18.7. The Morgan fingerprint density at radius 1 is 1.12 bits per heavy atom. The number of nitrogens with one attached hydrogen (secondary N) is 2. The van der Waals surface area contributed by atoms with Crippen molar-refractivity contribution in [2.45, 2.75) is 70.5 Å². The van der Waals surface area contributed by atoms with E-state index in [0.717, 1.165) is 18.5 Å². The van der Waals surface area contributed by atoms with Gasteiger partial charge in [0.2, 0.25) is 11.8 Å². The standard InChI is InChI=1S/C19H30N4O2/c1-18(2)12-15(13-19(3,4)22-18)23(14-8-6-5-7-9-14)17(25)11-10-16(24)21-20/h5-9,15,22H,10-13,20H2,1-4H3,(H,21,24). The molecule has 138 valence electrons. The predicted molar refractivity (Wildman–Crippen MR) is 99.8 cm³/mol. The molecule has 1 heterocycles. The summed E-state index contributed by atoms with van der Waals surface area (Å²) < 4.78 is 0. The minimum Gasteiger partial charge on any atom is -0.309 e. The van der Waals surface area contributed by atoms with E-state index in [2.05, 4.69) is 38.4 Å². The molecule has 0 unspecified atom stereocenters. The molecule has 0 spiro atoms. The number of hydrogen-bond donors (Lipinski definition) is 3. The van der Waals surface area contributed by atoms with Crippen molar-refractivity contribution in [3.63, 3.8) is 0 Å². The van der Waals surface area contributed by atoms with Crippen molar-refractivity contribution in [2.24, 2.45) is 5.84 Å². The lowest BCUT2D eigenvalue weighted by molar-refractivity contribution is -0.125. The van der Waals surface area contributed by atoms with Crippen LogP contribution in [0, 0.1) is 0 Å². The molecule has 4 N–H and O–H groups in total. The van der Waals surface area contributed by atoms with Crippen LogP contribution < -0.4 is 21.5 Å². The number of hydrazine groups is 1. The summed E-state index contributed by atoms with van der Waals surface area (Å²) in [7, 11) is 0. The van der Waals surface area contributed by atoms with Gasteiger partial charge in [-0.25, -0.2) is 5.84 Å². The van der Waals surface area contributed by atoms with Gasteiger partial charge in [-0.15, -0.1) is 0 Å². The van der Waals surface area contributed by atoms with E-state index in [1.54, 1.807) is 0 Å². The van der Waals surface area contributed by atoms with E-state index in [1.807, 2.05) is 35.2 Å². The Morgan fingerprint density at radius 3 is 2.20 bits per heavy atom. The van der Waals surface area contributed by atoms with Gasteiger partial charge >= 0.3 is 0 Å². The lowest BCUT2D eigenvalue weighted by atomic mass is 9.78. The van der Waals surface area contributed by atoms with Gasteiger partial charge in [0.15, 0.2) is 0 Å². The van der Waals surface area contributed by atoms with Crippen LogP contribution in [0.25, 0.3) is 0 Å². The number of amides is 2. The summed E-state index contributed by atoms with van der Waals surface area (Å²) in [4.78, 5) is 26.3. The lowest BCUT2D eigenvalue weighted by Gasteiger charge is -2.49. The average Bonchev–Trinajstić information content (AvgIpc) is 2.51. The van der Waals surface area contributed by atoms with Crippen molar-refractivity contribution in [3.05, 3.63) is 30.3 Å². The second-order valence-corrected chi connectivity index (χ2v) is 8.12. The van der Waals surface area contributed by atoms with Crippen molar-refractivity contribution in [3.8, 4) is 0 Å². The molecule has 1 aromatic carbocycles. The molecule has 0 radical (unpaired) electrons. The first-order chi connectivity index (χ1) is 11.6. The Labute approximate surface area is 150 Å². The van der Waals surface area contributed by atoms with E-state index in [-0.39, 0.29) is 41.8 Å². The number of nitrogens with two attached hydrogens (primary N) is 1. The smallest absolute Gasteiger partial charge is 0.234 e. The Balaban J connectivity index is 2.28. The lowest BCUT2D eigenvalue weighted by Crippen LogP contribution is -2.63. The van der Waals surface area contributed by atoms with Crippen molar-refractivity contribution in [2.75, 3.05) is 4.90 Å². The number of anilines is 1. The highest BCUT2D eigenvalue weighted by Gasteiger charge is 2.41. The third kappa shape index (κ3) is 5.28. The van der Waals surface area contributed by atoms with Gasteiger partial charge in [0, 0.05) is 35.6 Å². The quantitative estimate of drug-likeness (QED) is 0.433. The Kier molecular flexibility index (Phi) is 5.85. The summed E-state index contributed by atoms with van der Waals surface area (Å²) in [6.07, 6.45) is 1.93. The number of benzene rings is 1. The molecule has 1 aliphatic rings. The SMILES string of the molecule is CC1(C)CC(N(C(=O)CCC(=O)NN)c2ccccc2)CC(C)(C)N1. The van der Waals surface area contributed by atoms with Crippen LogP contribution in [0.3, 0.4) is 0 Å². The van der Waals surface area contributed by atoms with Crippen LogP contribution in [0.15, 0.2) is 30.3 Å². The molecular formula is C19H30N4O2. The summed E-state index contributed by atoms with van der Waals surface area (Å²) in [6, 6.07) is 9.76. The second kappa shape index (κ2) is 7.54. The number of carbonyl (C=O) groups is 2. The molecule has 0 aromatic heterocycles. The van der Waals surface area contributed by atoms with Crippen LogP contribution in [0.5, 0.6) is 0 Å². The van der Waals surface area contributed by atoms with Crippen molar-refractivity contribution < 1.29 is 9.59 Å². The van der Waals surface area contributed by atoms with Crippen LogP contribution in [0.4, 0.5) is 5.69 Å². The van der Waals surface area contributed by atoms with E-state index in [1.165, 1.54) is 0 Å². The molecule has 25 heavy (non-hydrogen) atoms. The number of carbonyl (C=O) groups excluding carboxylic acids is 2. The minimum atomic E-state index is -0.327. The molecular weight excluding hydrogens is 316 g/mol. The molecule has 1 saturated heterocycles. The van der Waals surface area contributed by atoms with Crippen molar-refractivity contribution in [1.29, 1.82) is 0 Å². The van der Waals surface area contributed by atoms with Crippen LogP contribution in [0.1, 0.15) is 53.4 Å². The van der Waals surface area contributed by atoms with E-state index < -0.39 is 0 Å². The number of piperidine rings is 1. The summed E-state index contributed by atoms with van der Waals surface area (Å²) >= 11 is 0. The van der Waals surface area contributed by atoms with E-state index in [4.69, 9.17) is 5.84 Å². The van der Waals surface area contributed by atoms with Crippen molar-refractivity contribution in [1.82, 2.24) is 10.7 Å². The third-order valence-electron chi connectivity index (χ3n) is 4.56. The molecule has 6 heteroatoms. The van der Waals surface area contributed by atoms with Gasteiger partial charge in [0.05, 0.1) is 0 Å². The highest BCUT2D eigenvalue weighted by molar-refractivity contribution is 5.96. The maximum atomic E-state index is 13.0. The molecule has 1 aliphatic heterocycles. The Morgan fingerprint density at radius 2 is 1.68 bits per heavy atom. The van der Waals surface area contributed by atoms with Gasteiger partial charge in [-0.05, 0) is 52.7 Å². The molecule has 0 saturated carbocycles. The molecule has 1 fully saturated rings. The third-order valence-corrected chi connectivity index (χ3v) is 4.56. The number of nitrogens with zero attached hydrogens (tertiary/aromatic N) is 1. The fraction of sp³-hybridized carbons (Fsp3) is 0.579. The fourth-order valence-corrected chi connectivity index (χ4v) is 4.01. The number of para-hydroxylation sites is 1. The highest BCUT2D eigenvalue weighted by Crippen LogP contribution is 2.34. The minimum absolute atomic E-state index is 0.0479. The zero-order valence-electron chi connectivity index (χ0n) is 15.6. The maximum absolute atomic E-state index is 13.0. The van der Waals surface area contributed by atoms with Crippen LogP contribution in [-0.4, -0.2) is 28.9 Å². The van der Waals surface area contributed by atoms with Gasteiger partial charge in [-0.3, -0.25) is 15.0 Å². The van der Waals surface area contributed by atoms with Gasteiger partial charge < -0.3 is 10.2 Å². The average molecular weight is 346 g/mol. The van der Waals surface area contributed by atoms with E-state index >= 15 is 0 Å². The van der Waals surface area contributed by atoms with Crippen molar-refractivity contribution >= 4 is 17.5 Å². The molecule has 6 nitrogen and oxygen atoms in total. The Hall–Kier alpha value is -1.92. The molecule has 0 atom stereocenters. The molecule has 2 rings (SSSR count). The second-order valence-electron chi connectivity index (χ2n) is 8.12. The van der Waals surface area contributed by atoms with Gasteiger partial charge in [0.25, 0.3) is 0 Å². The van der Waals surface area contributed by atoms with Crippen LogP contribution in [0.2, 0.25) is 0 Å². The summed E-state index contributed by atoms with van der Waals surface area (Å²) in [6.45, 7) is 8.65. The summed E-state index contributed by atoms with van der Waals surface area (Å²) in [5.41, 5.74) is 2.81. The first-order valence-electron chi connectivity index (χ1n) is 8.79. The fourth-order valence-electron chi connectivity index (χ4n) is 4.01. The van der Waals surface area contributed by atoms with E-state index in [9.17, 15) is 9.59 Å². The topological polar surface area (TPSA) is 87.5 Å². The monoisotopic (exact) mass is 346 g/mol. The van der Waals surface area contributed by atoms with Gasteiger partial charge in [-0.2, -0.15) is 0 Å². The zero-order valence-corrected chi connectivity index (χ0v) is 15.6. The molecule has 0 aliphatic carbocycles. The van der Waals surface area contributed by atoms with Gasteiger partial charge in [0.1, 0.15) is 0 Å². The number of hydrogen-bond acceptors (Lipinski definition) is 4. The molecule has 2 amide bonds. The predicted octanol–water partition coefficient (Wildman–Crippen LogP) is 2.10. The molecule has 0 bridgehead atoms. The van der Waals surface area contributed by atoms with Gasteiger partial charge in [-0.1, -0.05) is 18.2 Å². The van der Waals surface area contributed by atoms with Crippen LogP contribution in [-0.2, 0) is 9.59 Å². The summed E-state index contributed by atoms with van der Waals surface area (Å²) in [5, 5.41) is 3.65. The van der Waals surface area contributed by atoms with Crippen LogP contribution >= 0.6 is 0 Å². The largest absolute Gasteiger partial charge is 0.309 e. The van der Waals surface area contributed by atoms with E-state index in [0.29, 0.717) is 0 Å². The first kappa shape index (κ1) is 19.4. The highest BCUT2D eigenvalue weighted by atomic mass is 16.2. The summed E-state index contributed by atoms with van der Waals surface area (Å²) in [5.74, 6) is 4.75. The first-order valence-corrected chi connectivity index (χ1v) is 8.79.